The van der Waals surface area contributed by atoms with Crippen LogP contribution >= 0.6 is 0 Å². The van der Waals surface area contributed by atoms with Gasteiger partial charge in [0.1, 0.15) is 0 Å². The van der Waals surface area contributed by atoms with Crippen LogP contribution in [-0.4, -0.2) is 22.2 Å². The van der Waals surface area contributed by atoms with Gasteiger partial charge in [0.15, 0.2) is 0 Å². The fourth-order valence-corrected chi connectivity index (χ4v) is 5.61. The minimum Gasteiger partial charge on any atom is -0.657 e. The van der Waals surface area contributed by atoms with Gasteiger partial charge >= 0.3 is 11.9 Å². The van der Waals surface area contributed by atoms with Crippen molar-refractivity contribution in [3.05, 3.63) is 102 Å². The first kappa shape index (κ1) is 31.6. The summed E-state index contributed by atoms with van der Waals surface area (Å²) in [6.07, 6.45) is 11.7. The van der Waals surface area contributed by atoms with E-state index in [9.17, 15) is 19.8 Å². The fraction of sp³-hybridized carbons (Fsp3) is 0.235. The molecule has 8 bridgehead atoms. The molecule has 0 saturated heterocycles. The molecule has 1 aliphatic rings. The molecule has 43 heavy (non-hydrogen) atoms. The van der Waals surface area contributed by atoms with Gasteiger partial charge in [-0.05, 0) is 51.7 Å². The smallest absolute Gasteiger partial charge is 0.303 e. The summed E-state index contributed by atoms with van der Waals surface area (Å²) in [5, 5.41) is 21.7. The molecule has 5 rings (SSSR count). The van der Waals surface area contributed by atoms with E-state index >= 15 is 0 Å². The number of carboxylic acid groups (broad SMARTS) is 2. The van der Waals surface area contributed by atoms with E-state index in [-0.39, 0.29) is 33.3 Å². The van der Waals surface area contributed by atoms with E-state index in [4.69, 9.17) is 19.9 Å². The molecule has 0 unspecified atom stereocenters. The summed E-state index contributed by atoms with van der Waals surface area (Å²) in [7, 11) is 0. The minimum absolute atomic E-state index is 0. The third kappa shape index (κ3) is 5.97. The molecule has 0 aromatic carbocycles. The van der Waals surface area contributed by atoms with Crippen LogP contribution in [0.5, 0.6) is 0 Å². The Morgan fingerprint density at radius 2 is 1.09 bits per heavy atom. The molecule has 0 aliphatic carbocycles. The zero-order chi connectivity index (χ0) is 30.3. The molecule has 1 aliphatic heterocycles. The Kier molecular flexibility index (Phi) is 9.19. The van der Waals surface area contributed by atoms with Gasteiger partial charge in [-0.2, -0.15) is 0 Å². The number of carbonyl (C=O) groups is 2. The van der Waals surface area contributed by atoms with E-state index in [2.05, 4.69) is 13.2 Å². The van der Waals surface area contributed by atoms with E-state index in [1.165, 1.54) is 0 Å². The molecular formula is C34H32N4O4Pd-4. The predicted molar refractivity (Wildman–Crippen MR) is 163 cm³/mol. The third-order valence-corrected chi connectivity index (χ3v) is 8.06. The molecule has 0 atom stereocenters. The van der Waals surface area contributed by atoms with Crippen molar-refractivity contribution in [2.24, 2.45) is 0 Å². The molecule has 0 amide bonds. The minimum atomic E-state index is -0.898. The molecule has 226 valence electrons. The molecule has 0 fully saturated rings. The number of rotatable bonds is 8. The first-order chi connectivity index (χ1) is 20.0. The standard InChI is InChI=1S/C34H32N4O4.Pd/c1-7-21-17(3)25-13-26-19(5)23(9-11-33(39)40)31(37-26)16-32-24(10-12-34(41)42)20(6)28(38-32)15-30-22(8-2)18(4)27(36-30)14-29(21)35-25;/h7-8,13-16H,1-2,9-12H2,3-6H3,(H,39,40)(H,41,42);/q-4;/b25-13?,26-13-,27-14-,28-15?,29-14?,30-15-,31-16-,32-16?;. The number of fused-ring (bicyclic) bond motifs is 8. The molecule has 4 aromatic heterocycles. The summed E-state index contributed by atoms with van der Waals surface area (Å²) in [6, 6.07) is 0. The normalized spacial score (nSPS) is 15.0. The number of hydrogen-bond donors (Lipinski definition) is 2. The average Bonchev–Trinajstić information content (AvgIpc) is 3.59. The van der Waals surface area contributed by atoms with Gasteiger partial charge in [0, 0.05) is 33.3 Å². The van der Waals surface area contributed by atoms with Gasteiger partial charge in [-0.3, -0.25) is 9.59 Å². The quantitative estimate of drug-likeness (QED) is 0.240. The van der Waals surface area contributed by atoms with Crippen molar-refractivity contribution in [2.45, 2.75) is 53.4 Å². The molecule has 2 N–H and O–H groups in total. The molecule has 0 saturated carbocycles. The summed E-state index contributed by atoms with van der Waals surface area (Å²) < 4.78 is 0. The Bertz CT molecular complexity index is 2030. The van der Waals surface area contributed by atoms with Crippen LogP contribution in [0.15, 0.2) is 13.2 Å². The Morgan fingerprint density at radius 3 is 1.72 bits per heavy atom. The Hall–Kier alpha value is -4.32. The summed E-state index contributed by atoms with van der Waals surface area (Å²) >= 11 is 0. The van der Waals surface area contributed by atoms with Gasteiger partial charge in [0.2, 0.25) is 0 Å². The first-order valence-electron chi connectivity index (χ1n) is 13.8. The molecule has 0 spiro atoms. The molecule has 8 nitrogen and oxygen atoms in total. The van der Waals surface area contributed by atoms with Crippen LogP contribution in [0, 0.1) is 27.7 Å². The number of carboxylic acids is 2. The summed E-state index contributed by atoms with van der Waals surface area (Å²) in [4.78, 5) is 42.7. The van der Waals surface area contributed by atoms with E-state index in [1.54, 1.807) is 12.2 Å². The fourth-order valence-electron chi connectivity index (χ4n) is 5.61. The van der Waals surface area contributed by atoms with E-state index in [0.717, 1.165) is 61.2 Å². The summed E-state index contributed by atoms with van der Waals surface area (Å²) in [5.74, 6) is -1.80. The van der Waals surface area contributed by atoms with E-state index in [1.807, 2.05) is 52.0 Å². The van der Waals surface area contributed by atoms with Crippen molar-refractivity contribution in [1.29, 1.82) is 0 Å². The van der Waals surface area contributed by atoms with Crippen molar-refractivity contribution in [2.75, 3.05) is 0 Å². The van der Waals surface area contributed by atoms with Gasteiger partial charge in [0.05, 0.1) is 0 Å². The Labute approximate surface area is 263 Å². The largest absolute Gasteiger partial charge is 0.657 e. The summed E-state index contributed by atoms with van der Waals surface area (Å²) in [5.41, 5.74) is 9.84. The predicted octanol–water partition coefficient (Wildman–Crippen LogP) is 1.70. The molecule has 5 heterocycles. The third-order valence-electron chi connectivity index (χ3n) is 8.06. The van der Waals surface area contributed by atoms with E-state index < -0.39 is 11.9 Å². The monoisotopic (exact) mass is 666 g/mol. The van der Waals surface area contributed by atoms with Crippen molar-refractivity contribution < 1.29 is 40.2 Å². The Balaban J connectivity index is 0.00000423. The zero-order valence-corrected chi connectivity index (χ0v) is 26.1. The molecule has 4 aromatic rings. The van der Waals surface area contributed by atoms with Crippen LogP contribution in [0.3, 0.4) is 0 Å². The SMILES string of the molecule is C=Cc1c2[n-]c(c1C)/C=c1\[n-]/c(c(CCC(=O)O)c1C)=C\c1[n-]c(c(C)c1CCC(=O)O)/C=c1\[n-]/c(c(C)c1C=C)=C\2.[Pd]. The molecule has 9 heteroatoms. The number of aromatic nitrogens is 4. The van der Waals surface area contributed by atoms with Crippen LogP contribution in [-0.2, 0) is 42.9 Å². The topological polar surface area (TPSA) is 131 Å². The summed E-state index contributed by atoms with van der Waals surface area (Å²) in [6.45, 7) is 15.9. The van der Waals surface area contributed by atoms with Crippen LogP contribution in [0.25, 0.3) is 36.5 Å². The van der Waals surface area contributed by atoms with E-state index in [0.29, 0.717) is 40.3 Å². The van der Waals surface area contributed by atoms with Crippen molar-refractivity contribution >= 4 is 48.4 Å². The maximum atomic E-state index is 11.5. The molecule has 0 radical (unpaired) electrons. The maximum Gasteiger partial charge on any atom is 0.303 e. The number of aliphatic carboxylic acids is 2. The number of hydrogen-bond acceptors (Lipinski definition) is 2. The van der Waals surface area contributed by atoms with Crippen LogP contribution in [0.2, 0.25) is 0 Å². The first-order valence-corrected chi connectivity index (χ1v) is 13.8. The van der Waals surface area contributed by atoms with Gasteiger partial charge in [-0.1, -0.05) is 83.0 Å². The van der Waals surface area contributed by atoms with Gasteiger partial charge in [-0.25, -0.2) is 0 Å². The van der Waals surface area contributed by atoms with Gasteiger partial charge in [-0.15, -0.1) is 44.2 Å². The number of nitrogens with zero attached hydrogens (tertiary/aromatic N) is 4. The van der Waals surface area contributed by atoms with Crippen LogP contribution in [0.4, 0.5) is 0 Å². The second-order valence-corrected chi connectivity index (χ2v) is 10.6. The zero-order valence-electron chi connectivity index (χ0n) is 24.5. The van der Waals surface area contributed by atoms with Crippen molar-refractivity contribution in [3.63, 3.8) is 0 Å². The van der Waals surface area contributed by atoms with Crippen molar-refractivity contribution in [3.8, 4) is 0 Å². The second-order valence-electron chi connectivity index (χ2n) is 10.6. The molecular weight excluding hydrogens is 635 g/mol. The average molecular weight is 667 g/mol. The van der Waals surface area contributed by atoms with Gasteiger partial charge < -0.3 is 30.1 Å². The second kappa shape index (κ2) is 12.5. The van der Waals surface area contributed by atoms with Crippen molar-refractivity contribution in [1.82, 2.24) is 19.9 Å². The maximum absolute atomic E-state index is 11.5. The van der Waals surface area contributed by atoms with Crippen LogP contribution in [0.1, 0.15) is 80.1 Å². The van der Waals surface area contributed by atoms with Crippen LogP contribution < -0.4 is 41.3 Å². The Morgan fingerprint density at radius 1 is 0.605 bits per heavy atom. The van der Waals surface area contributed by atoms with Gasteiger partial charge in [0.25, 0.3) is 0 Å².